The molecule has 0 N–H and O–H groups in total. The minimum absolute atomic E-state index is 0.0706. The van der Waals surface area contributed by atoms with Crippen molar-refractivity contribution in [1.82, 2.24) is 4.98 Å². The molecule has 0 aliphatic rings. The Balaban J connectivity index is 2.29. The van der Waals surface area contributed by atoms with Crippen molar-refractivity contribution in [3.05, 3.63) is 53.6 Å². The van der Waals surface area contributed by atoms with E-state index in [0.29, 0.717) is 5.75 Å². The lowest BCUT2D eigenvalue weighted by atomic mass is 10.3. The molecule has 0 fully saturated rings. The van der Waals surface area contributed by atoms with Crippen LogP contribution in [0.4, 0.5) is 4.39 Å². The van der Waals surface area contributed by atoms with Gasteiger partial charge in [0.25, 0.3) is 0 Å². The Morgan fingerprint density at radius 3 is 2.60 bits per heavy atom. The van der Waals surface area contributed by atoms with Crippen LogP contribution in [0.5, 0.6) is 11.5 Å². The monoisotopic (exact) mass is 223 g/mol. The molecule has 0 spiro atoms. The topological polar surface area (TPSA) is 22.1 Å². The number of pyridine rings is 1. The van der Waals surface area contributed by atoms with Gasteiger partial charge in [-0.05, 0) is 12.1 Å². The van der Waals surface area contributed by atoms with E-state index in [9.17, 15) is 4.39 Å². The fraction of sp³-hybridized carbons (Fsp3) is 0. The van der Waals surface area contributed by atoms with Gasteiger partial charge in [0, 0.05) is 12.3 Å². The molecule has 0 atom stereocenters. The van der Waals surface area contributed by atoms with Crippen LogP contribution in [-0.2, 0) is 0 Å². The highest BCUT2D eigenvalue weighted by atomic mass is 35.5. The number of hydrogen-bond acceptors (Lipinski definition) is 2. The van der Waals surface area contributed by atoms with E-state index in [4.69, 9.17) is 16.3 Å². The highest BCUT2D eigenvalue weighted by molar-refractivity contribution is 6.29. The van der Waals surface area contributed by atoms with E-state index in [1.165, 1.54) is 12.3 Å². The van der Waals surface area contributed by atoms with Gasteiger partial charge in [0.2, 0.25) is 5.82 Å². The molecule has 0 unspecified atom stereocenters. The first-order valence-electron chi connectivity index (χ1n) is 4.30. The summed E-state index contributed by atoms with van der Waals surface area (Å²) in [4.78, 5) is 3.59. The van der Waals surface area contributed by atoms with Crippen LogP contribution in [0.1, 0.15) is 0 Å². The summed E-state index contributed by atoms with van der Waals surface area (Å²) in [6.07, 6.45) is 1.39. The van der Waals surface area contributed by atoms with E-state index < -0.39 is 5.82 Å². The summed E-state index contributed by atoms with van der Waals surface area (Å²) >= 11 is 5.51. The van der Waals surface area contributed by atoms with Crippen LogP contribution < -0.4 is 4.74 Å². The Labute approximate surface area is 91.3 Å². The van der Waals surface area contributed by atoms with Crippen molar-refractivity contribution in [1.29, 1.82) is 0 Å². The number of aromatic nitrogens is 1. The molecule has 1 heterocycles. The molecule has 0 aliphatic heterocycles. The minimum Gasteiger partial charge on any atom is -0.454 e. The van der Waals surface area contributed by atoms with Crippen molar-refractivity contribution >= 4 is 11.6 Å². The van der Waals surface area contributed by atoms with Gasteiger partial charge < -0.3 is 4.74 Å². The average molecular weight is 224 g/mol. The zero-order chi connectivity index (χ0) is 10.7. The van der Waals surface area contributed by atoms with Crippen molar-refractivity contribution < 1.29 is 9.13 Å². The standard InChI is InChI=1S/C11H7ClFNO/c12-11-10(13)9(6-7-14-11)15-8-4-2-1-3-5-8/h1-7H. The zero-order valence-electron chi connectivity index (χ0n) is 7.65. The molecule has 76 valence electrons. The quantitative estimate of drug-likeness (QED) is 0.725. The molecule has 1 aromatic heterocycles. The number of hydrogen-bond donors (Lipinski definition) is 0. The van der Waals surface area contributed by atoms with Gasteiger partial charge >= 0.3 is 0 Å². The summed E-state index contributed by atoms with van der Waals surface area (Å²) in [6, 6.07) is 10.3. The molecule has 0 bridgehead atoms. The van der Waals surface area contributed by atoms with E-state index in [0.717, 1.165) is 0 Å². The van der Waals surface area contributed by atoms with Crippen LogP contribution in [0.15, 0.2) is 42.6 Å². The third-order valence-electron chi connectivity index (χ3n) is 1.78. The summed E-state index contributed by atoms with van der Waals surface area (Å²) in [5.74, 6) is -0.0251. The van der Waals surface area contributed by atoms with Gasteiger partial charge in [0.05, 0.1) is 0 Å². The van der Waals surface area contributed by atoms with Crippen LogP contribution in [0, 0.1) is 5.82 Å². The molecule has 1 aromatic carbocycles. The summed E-state index contributed by atoms with van der Waals surface area (Å²) < 4.78 is 18.7. The first-order valence-corrected chi connectivity index (χ1v) is 4.68. The van der Waals surface area contributed by atoms with Gasteiger partial charge in [0.15, 0.2) is 10.9 Å². The van der Waals surface area contributed by atoms with Crippen molar-refractivity contribution in [3.8, 4) is 11.5 Å². The van der Waals surface area contributed by atoms with E-state index >= 15 is 0 Å². The van der Waals surface area contributed by atoms with Crippen molar-refractivity contribution in [2.24, 2.45) is 0 Å². The van der Waals surface area contributed by atoms with Crippen molar-refractivity contribution in [3.63, 3.8) is 0 Å². The number of benzene rings is 1. The Morgan fingerprint density at radius 1 is 1.13 bits per heavy atom. The molecule has 0 saturated carbocycles. The Hall–Kier alpha value is -1.61. The number of rotatable bonds is 2. The Kier molecular flexibility index (Phi) is 2.83. The average Bonchev–Trinajstić information content (AvgIpc) is 2.26. The number of nitrogens with zero attached hydrogens (tertiary/aromatic N) is 1. The fourth-order valence-electron chi connectivity index (χ4n) is 1.10. The minimum atomic E-state index is -0.650. The van der Waals surface area contributed by atoms with Gasteiger partial charge in [-0.25, -0.2) is 4.98 Å². The molecule has 4 heteroatoms. The molecule has 0 saturated heterocycles. The van der Waals surface area contributed by atoms with Gasteiger partial charge in [-0.15, -0.1) is 0 Å². The van der Waals surface area contributed by atoms with E-state index in [2.05, 4.69) is 4.98 Å². The molecule has 0 radical (unpaired) electrons. The summed E-state index contributed by atoms with van der Waals surface area (Å²) in [6.45, 7) is 0. The lowest BCUT2D eigenvalue weighted by Crippen LogP contribution is -1.90. The van der Waals surface area contributed by atoms with Crippen LogP contribution >= 0.6 is 11.6 Å². The van der Waals surface area contributed by atoms with Gasteiger partial charge in [-0.3, -0.25) is 0 Å². The molecule has 0 amide bonds. The second-order valence-electron chi connectivity index (χ2n) is 2.83. The van der Waals surface area contributed by atoms with Crippen LogP contribution in [0.25, 0.3) is 0 Å². The molecule has 2 nitrogen and oxygen atoms in total. The fourth-order valence-corrected chi connectivity index (χ4v) is 1.25. The van der Waals surface area contributed by atoms with Crippen molar-refractivity contribution in [2.45, 2.75) is 0 Å². The second-order valence-corrected chi connectivity index (χ2v) is 3.19. The number of ether oxygens (including phenoxy) is 1. The Morgan fingerprint density at radius 2 is 1.87 bits per heavy atom. The third kappa shape index (κ3) is 2.25. The maximum Gasteiger partial charge on any atom is 0.202 e. The lowest BCUT2D eigenvalue weighted by Gasteiger charge is -2.06. The predicted octanol–water partition coefficient (Wildman–Crippen LogP) is 3.67. The zero-order valence-corrected chi connectivity index (χ0v) is 8.41. The van der Waals surface area contributed by atoms with Crippen LogP contribution in [0.3, 0.4) is 0 Å². The first kappa shape index (κ1) is 9.93. The highest BCUT2D eigenvalue weighted by Crippen LogP contribution is 2.26. The van der Waals surface area contributed by atoms with Crippen LogP contribution in [-0.4, -0.2) is 4.98 Å². The van der Waals surface area contributed by atoms with E-state index in [-0.39, 0.29) is 10.9 Å². The Bertz CT molecular complexity index is 461. The van der Waals surface area contributed by atoms with Crippen LogP contribution in [0.2, 0.25) is 5.15 Å². The summed E-state index contributed by atoms with van der Waals surface area (Å²) in [5.41, 5.74) is 0. The molecule has 15 heavy (non-hydrogen) atoms. The molecule has 2 rings (SSSR count). The number of para-hydroxylation sites is 1. The maximum atomic E-state index is 13.4. The number of halogens is 2. The maximum absolute atomic E-state index is 13.4. The molecular formula is C11H7ClFNO. The third-order valence-corrected chi connectivity index (χ3v) is 2.05. The molecule has 0 aliphatic carbocycles. The first-order chi connectivity index (χ1) is 7.27. The van der Waals surface area contributed by atoms with Crippen molar-refractivity contribution in [2.75, 3.05) is 0 Å². The van der Waals surface area contributed by atoms with E-state index in [1.807, 2.05) is 6.07 Å². The molecule has 2 aromatic rings. The SMILES string of the molecule is Fc1c(Oc2ccccc2)ccnc1Cl. The normalized spacial score (nSPS) is 10.0. The smallest absolute Gasteiger partial charge is 0.202 e. The second kappa shape index (κ2) is 4.28. The highest BCUT2D eigenvalue weighted by Gasteiger charge is 2.08. The largest absolute Gasteiger partial charge is 0.454 e. The van der Waals surface area contributed by atoms with E-state index in [1.54, 1.807) is 24.3 Å². The van der Waals surface area contributed by atoms with Gasteiger partial charge in [0.1, 0.15) is 5.75 Å². The van der Waals surface area contributed by atoms with Gasteiger partial charge in [-0.2, -0.15) is 4.39 Å². The van der Waals surface area contributed by atoms with Gasteiger partial charge in [-0.1, -0.05) is 29.8 Å². The summed E-state index contributed by atoms with van der Waals surface area (Å²) in [7, 11) is 0. The lowest BCUT2D eigenvalue weighted by molar-refractivity contribution is 0.440. The predicted molar refractivity (Wildman–Crippen MR) is 55.7 cm³/mol. The molecular weight excluding hydrogens is 217 g/mol. The summed E-state index contributed by atoms with van der Waals surface area (Å²) in [5, 5.41) is -0.191.